The maximum absolute atomic E-state index is 12.8. The Morgan fingerprint density at radius 3 is 2.92 bits per heavy atom. The molecule has 3 heterocycles. The largest absolute Gasteiger partial charge is 0.496 e. The van der Waals surface area contributed by atoms with Crippen LogP contribution in [0.5, 0.6) is 5.75 Å². The molecule has 134 valence electrons. The number of pyridine rings is 1. The second-order valence-corrected chi connectivity index (χ2v) is 6.65. The molecule has 6 nitrogen and oxygen atoms in total. The Bertz CT molecular complexity index is 921. The fourth-order valence-corrected chi connectivity index (χ4v) is 3.68. The van der Waals surface area contributed by atoms with Crippen molar-refractivity contribution in [3.63, 3.8) is 0 Å². The zero-order chi connectivity index (χ0) is 17.9. The van der Waals surface area contributed by atoms with Crippen LogP contribution in [0.3, 0.4) is 0 Å². The van der Waals surface area contributed by atoms with E-state index in [1.807, 2.05) is 58.0 Å². The molecule has 0 radical (unpaired) electrons. The van der Waals surface area contributed by atoms with Crippen LogP contribution in [0.4, 0.5) is 0 Å². The second-order valence-electron chi connectivity index (χ2n) is 6.65. The Morgan fingerprint density at radius 1 is 1.19 bits per heavy atom. The predicted octanol–water partition coefficient (Wildman–Crippen LogP) is 2.69. The summed E-state index contributed by atoms with van der Waals surface area (Å²) in [5.41, 5.74) is 1.77. The number of methoxy groups -OCH3 is 1. The number of para-hydroxylation sites is 1. The van der Waals surface area contributed by atoms with Gasteiger partial charge in [0, 0.05) is 30.8 Å². The number of hydrogen-bond acceptors (Lipinski definition) is 4. The summed E-state index contributed by atoms with van der Waals surface area (Å²) in [6, 6.07) is 13.6. The van der Waals surface area contributed by atoms with Gasteiger partial charge in [0.15, 0.2) is 5.65 Å². The zero-order valence-electron chi connectivity index (χ0n) is 14.8. The van der Waals surface area contributed by atoms with Gasteiger partial charge in [0.2, 0.25) is 5.91 Å². The van der Waals surface area contributed by atoms with Crippen molar-refractivity contribution in [1.82, 2.24) is 19.5 Å². The highest BCUT2D eigenvalue weighted by atomic mass is 16.5. The van der Waals surface area contributed by atoms with Gasteiger partial charge in [-0.25, -0.2) is 0 Å². The number of carbonyl (C=O) groups is 1. The van der Waals surface area contributed by atoms with Gasteiger partial charge in [-0.05, 0) is 31.0 Å². The van der Waals surface area contributed by atoms with E-state index < -0.39 is 0 Å². The van der Waals surface area contributed by atoms with Crippen LogP contribution >= 0.6 is 0 Å². The summed E-state index contributed by atoms with van der Waals surface area (Å²) in [6.45, 7) is 1.48. The number of fused-ring (bicyclic) bond motifs is 1. The van der Waals surface area contributed by atoms with Crippen molar-refractivity contribution in [2.45, 2.75) is 25.2 Å². The number of benzene rings is 1. The van der Waals surface area contributed by atoms with E-state index in [4.69, 9.17) is 4.74 Å². The molecule has 4 rings (SSSR count). The Balaban J connectivity index is 1.50. The monoisotopic (exact) mass is 350 g/mol. The van der Waals surface area contributed by atoms with Crippen LogP contribution in [-0.4, -0.2) is 45.6 Å². The van der Waals surface area contributed by atoms with Crippen LogP contribution in [-0.2, 0) is 11.2 Å². The zero-order valence-corrected chi connectivity index (χ0v) is 14.8. The molecule has 1 amide bonds. The lowest BCUT2D eigenvalue weighted by atomic mass is 9.96. The number of piperidine rings is 1. The second kappa shape index (κ2) is 7.15. The van der Waals surface area contributed by atoms with Crippen molar-refractivity contribution in [2.24, 2.45) is 0 Å². The lowest BCUT2D eigenvalue weighted by molar-refractivity contribution is -0.131. The van der Waals surface area contributed by atoms with Crippen molar-refractivity contribution < 1.29 is 9.53 Å². The molecule has 6 heteroatoms. The molecule has 1 unspecified atom stereocenters. The number of aromatic nitrogens is 3. The van der Waals surface area contributed by atoms with Crippen LogP contribution < -0.4 is 4.74 Å². The lowest BCUT2D eigenvalue weighted by Crippen LogP contribution is -2.40. The van der Waals surface area contributed by atoms with E-state index >= 15 is 0 Å². The third-order valence-corrected chi connectivity index (χ3v) is 5.01. The molecule has 0 N–H and O–H groups in total. The highest BCUT2D eigenvalue weighted by Gasteiger charge is 2.28. The summed E-state index contributed by atoms with van der Waals surface area (Å²) in [4.78, 5) is 14.8. The van der Waals surface area contributed by atoms with Gasteiger partial charge >= 0.3 is 0 Å². The minimum Gasteiger partial charge on any atom is -0.496 e. The first-order valence-electron chi connectivity index (χ1n) is 8.95. The average molecular weight is 350 g/mol. The Kier molecular flexibility index (Phi) is 4.56. The number of nitrogens with zero attached hydrogens (tertiary/aromatic N) is 4. The summed E-state index contributed by atoms with van der Waals surface area (Å²) < 4.78 is 7.40. The lowest BCUT2D eigenvalue weighted by Gasteiger charge is -2.32. The number of hydrogen-bond donors (Lipinski definition) is 0. The molecule has 1 aliphatic heterocycles. The molecule has 1 aromatic carbocycles. The van der Waals surface area contributed by atoms with E-state index in [0.29, 0.717) is 13.0 Å². The molecular weight excluding hydrogens is 328 g/mol. The Morgan fingerprint density at radius 2 is 2.04 bits per heavy atom. The maximum Gasteiger partial charge on any atom is 0.227 e. The van der Waals surface area contributed by atoms with E-state index in [-0.39, 0.29) is 11.8 Å². The summed E-state index contributed by atoms with van der Waals surface area (Å²) in [6.07, 6.45) is 4.34. The van der Waals surface area contributed by atoms with Gasteiger partial charge < -0.3 is 9.64 Å². The highest BCUT2D eigenvalue weighted by molar-refractivity contribution is 5.79. The summed E-state index contributed by atoms with van der Waals surface area (Å²) in [7, 11) is 1.64. The first-order valence-corrected chi connectivity index (χ1v) is 8.95. The van der Waals surface area contributed by atoms with Crippen molar-refractivity contribution in [3.05, 3.63) is 60.0 Å². The Hall–Kier alpha value is -2.89. The Labute approximate surface area is 152 Å². The number of likely N-dealkylation sites (tertiary alicyclic amines) is 1. The quantitative estimate of drug-likeness (QED) is 0.726. The van der Waals surface area contributed by atoms with E-state index in [2.05, 4.69) is 10.2 Å². The minimum absolute atomic E-state index is 0.132. The SMILES string of the molecule is COc1ccccc1CC(=O)N1CCCC(c2nnc3ccccn23)C1. The molecule has 1 fully saturated rings. The van der Waals surface area contributed by atoms with Gasteiger partial charge in [0.1, 0.15) is 11.6 Å². The van der Waals surface area contributed by atoms with Crippen LogP contribution in [0.15, 0.2) is 48.7 Å². The molecule has 1 saturated heterocycles. The molecular formula is C20H22N4O2. The smallest absolute Gasteiger partial charge is 0.227 e. The molecule has 1 aliphatic rings. The van der Waals surface area contributed by atoms with E-state index in [1.165, 1.54) is 0 Å². The molecule has 0 bridgehead atoms. The standard InChI is InChI=1S/C20H22N4O2/c1-26-17-9-3-2-7-15(17)13-19(25)23-11-6-8-16(14-23)20-22-21-18-10-4-5-12-24(18)20/h2-5,7,9-10,12,16H,6,8,11,13-14H2,1H3. The van der Waals surface area contributed by atoms with Crippen LogP contribution in [0, 0.1) is 0 Å². The fourth-order valence-electron chi connectivity index (χ4n) is 3.68. The third kappa shape index (κ3) is 3.14. The molecule has 0 aliphatic carbocycles. The van der Waals surface area contributed by atoms with Crippen molar-refractivity contribution in [2.75, 3.05) is 20.2 Å². The van der Waals surface area contributed by atoms with Crippen molar-refractivity contribution in [3.8, 4) is 5.75 Å². The first-order chi connectivity index (χ1) is 12.8. The van der Waals surface area contributed by atoms with E-state index in [1.54, 1.807) is 7.11 Å². The maximum atomic E-state index is 12.8. The third-order valence-electron chi connectivity index (χ3n) is 5.01. The van der Waals surface area contributed by atoms with Gasteiger partial charge in [0.25, 0.3) is 0 Å². The molecule has 0 spiro atoms. The summed E-state index contributed by atoms with van der Waals surface area (Å²) in [5, 5.41) is 8.63. The number of ether oxygens (including phenoxy) is 1. The summed E-state index contributed by atoms with van der Waals surface area (Å²) >= 11 is 0. The number of carbonyl (C=O) groups excluding carboxylic acids is 1. The average Bonchev–Trinajstić information content (AvgIpc) is 3.12. The van der Waals surface area contributed by atoms with Gasteiger partial charge in [-0.2, -0.15) is 0 Å². The number of rotatable bonds is 4. The van der Waals surface area contributed by atoms with Gasteiger partial charge in [0.05, 0.1) is 13.5 Å². The topological polar surface area (TPSA) is 59.7 Å². The molecule has 0 saturated carbocycles. The minimum atomic E-state index is 0.132. The molecule has 1 atom stereocenters. The van der Waals surface area contributed by atoms with E-state index in [0.717, 1.165) is 42.2 Å². The van der Waals surface area contributed by atoms with Crippen LogP contribution in [0.2, 0.25) is 0 Å². The van der Waals surface area contributed by atoms with Crippen molar-refractivity contribution in [1.29, 1.82) is 0 Å². The van der Waals surface area contributed by atoms with Crippen LogP contribution in [0.25, 0.3) is 5.65 Å². The summed E-state index contributed by atoms with van der Waals surface area (Å²) in [5.74, 6) is 2.05. The fraction of sp³-hybridized carbons (Fsp3) is 0.350. The predicted molar refractivity (Wildman–Crippen MR) is 98.2 cm³/mol. The van der Waals surface area contributed by atoms with Gasteiger partial charge in [-0.3, -0.25) is 9.20 Å². The van der Waals surface area contributed by atoms with Gasteiger partial charge in [-0.1, -0.05) is 24.3 Å². The normalized spacial score (nSPS) is 17.4. The highest BCUT2D eigenvalue weighted by Crippen LogP contribution is 2.27. The van der Waals surface area contributed by atoms with Gasteiger partial charge in [-0.15, -0.1) is 10.2 Å². The molecule has 26 heavy (non-hydrogen) atoms. The van der Waals surface area contributed by atoms with Crippen LogP contribution in [0.1, 0.15) is 30.1 Å². The number of amides is 1. The molecule has 3 aromatic rings. The van der Waals surface area contributed by atoms with Crippen molar-refractivity contribution >= 4 is 11.6 Å². The first kappa shape index (κ1) is 16.6. The van der Waals surface area contributed by atoms with E-state index in [9.17, 15) is 4.79 Å². The molecule has 2 aromatic heterocycles.